The Hall–Kier alpha value is -4.41. The Labute approximate surface area is 254 Å². The zero-order valence-electron chi connectivity index (χ0n) is 27.1. The van der Waals surface area contributed by atoms with Gasteiger partial charge < -0.3 is 0 Å². The van der Waals surface area contributed by atoms with Crippen LogP contribution in [0.2, 0.25) is 0 Å². The van der Waals surface area contributed by atoms with Gasteiger partial charge in [0.25, 0.3) is 0 Å². The molecular formula is C38H48FN3. The van der Waals surface area contributed by atoms with Crippen molar-refractivity contribution in [1.29, 1.82) is 0 Å². The fourth-order valence-corrected chi connectivity index (χ4v) is 3.66. The number of terminal acetylenes is 2. The molecule has 1 N–H and O–H groups in total. The van der Waals surface area contributed by atoms with Crippen LogP contribution in [0.3, 0.4) is 0 Å². The van der Waals surface area contributed by atoms with Gasteiger partial charge in [0.15, 0.2) is 0 Å². The fourth-order valence-electron chi connectivity index (χ4n) is 3.66. The molecule has 0 bridgehead atoms. The summed E-state index contributed by atoms with van der Waals surface area (Å²) in [6.45, 7) is 19.9. The van der Waals surface area contributed by atoms with Crippen LogP contribution in [-0.2, 0) is 0 Å². The van der Waals surface area contributed by atoms with Gasteiger partial charge in [-0.1, -0.05) is 77.6 Å². The van der Waals surface area contributed by atoms with Crippen LogP contribution in [-0.4, -0.2) is 16.4 Å². The molecule has 0 saturated heterocycles. The van der Waals surface area contributed by atoms with E-state index < -0.39 is 0 Å². The van der Waals surface area contributed by atoms with Crippen LogP contribution in [0.25, 0.3) is 16.5 Å². The first-order valence-electron chi connectivity index (χ1n) is 14.6. The van der Waals surface area contributed by atoms with Gasteiger partial charge in [-0.25, -0.2) is 4.39 Å². The summed E-state index contributed by atoms with van der Waals surface area (Å²) in [7, 11) is 0. The summed E-state index contributed by atoms with van der Waals surface area (Å²) in [4.78, 5) is 3.99. The van der Waals surface area contributed by atoms with Crippen molar-refractivity contribution in [3.05, 3.63) is 101 Å². The molecule has 4 aromatic rings. The summed E-state index contributed by atoms with van der Waals surface area (Å²) in [6.07, 6.45) is 16.6. The maximum Gasteiger partial charge on any atom is 0.149 e. The molecule has 1 heterocycles. The van der Waals surface area contributed by atoms with Crippen LogP contribution in [0.15, 0.2) is 71.9 Å². The third-order valence-corrected chi connectivity index (χ3v) is 6.12. The van der Waals surface area contributed by atoms with E-state index in [4.69, 9.17) is 12.8 Å². The minimum absolute atomic E-state index is 0.321. The zero-order valence-corrected chi connectivity index (χ0v) is 27.1. The van der Waals surface area contributed by atoms with Gasteiger partial charge in [-0.3, -0.25) is 10.1 Å². The number of rotatable bonds is 4. The highest BCUT2D eigenvalue weighted by Gasteiger charge is 2.07. The fraction of sp³-hybridized carbons (Fsp3) is 0.316. The van der Waals surface area contributed by atoms with Gasteiger partial charge in [0.05, 0.1) is 11.7 Å². The third-order valence-electron chi connectivity index (χ3n) is 6.12. The van der Waals surface area contributed by atoms with Gasteiger partial charge >= 0.3 is 0 Å². The Kier molecular flexibility index (Phi) is 19.1. The first kappa shape index (κ1) is 37.6. The normalized spacial score (nSPS) is 10.7. The van der Waals surface area contributed by atoms with Crippen molar-refractivity contribution in [1.82, 2.24) is 10.2 Å². The highest BCUT2D eigenvalue weighted by atomic mass is 19.1. The lowest BCUT2D eigenvalue weighted by atomic mass is 9.98. The molecule has 0 aliphatic carbocycles. The molecule has 0 radical (unpaired) electrons. The summed E-state index contributed by atoms with van der Waals surface area (Å²) in [5.41, 5.74) is 7.56. The lowest BCUT2D eigenvalue weighted by Gasteiger charge is -2.07. The number of allylic oxidation sites excluding steroid dienone is 2. The predicted molar refractivity (Wildman–Crippen MR) is 184 cm³/mol. The van der Waals surface area contributed by atoms with E-state index in [9.17, 15) is 4.39 Å². The molecule has 0 saturated carbocycles. The van der Waals surface area contributed by atoms with Crippen molar-refractivity contribution in [3.8, 4) is 24.7 Å². The van der Waals surface area contributed by atoms with Crippen molar-refractivity contribution < 1.29 is 4.39 Å². The summed E-state index contributed by atoms with van der Waals surface area (Å²) in [6, 6.07) is 17.8. The largest absolute Gasteiger partial charge is 0.278 e. The molecule has 4 rings (SSSR count). The van der Waals surface area contributed by atoms with Gasteiger partial charge in [0, 0.05) is 17.2 Å². The standard InChI is InChI=1S/C14H14FN.C12H14.C8H8N2.2C2H6/c1-5-7-10(3)12-8-11(4)14(16-6-2)13(15)9-12;1-4-10(3)12-8-6-11(5-2)7-9-12;1-6-2-3-7-5-9-10-8(7)4-6;2*1-2/h1,6-9H,2-4H3;2,6-10H,4H2,1,3H3;2-5H,1H3,(H,9,10);2*1-2H3/b10-7+,16-6?;;;;. The summed E-state index contributed by atoms with van der Waals surface area (Å²) in [5, 5.41) is 8.00. The Balaban J connectivity index is 0.000000578. The van der Waals surface area contributed by atoms with E-state index in [1.165, 1.54) is 29.0 Å². The molecule has 0 aliphatic rings. The summed E-state index contributed by atoms with van der Waals surface area (Å²) >= 11 is 0. The van der Waals surface area contributed by atoms with Crippen molar-refractivity contribution in [2.75, 3.05) is 0 Å². The second-order valence-electron chi connectivity index (χ2n) is 9.04. The van der Waals surface area contributed by atoms with Gasteiger partial charge in [-0.15, -0.1) is 12.8 Å². The van der Waals surface area contributed by atoms with Crippen molar-refractivity contribution in [3.63, 3.8) is 0 Å². The topological polar surface area (TPSA) is 41.0 Å². The maximum absolute atomic E-state index is 13.7. The average Bonchev–Trinajstić information content (AvgIpc) is 3.49. The molecular weight excluding hydrogens is 517 g/mol. The number of aromatic nitrogens is 2. The van der Waals surface area contributed by atoms with Crippen LogP contribution in [0.1, 0.15) is 95.5 Å². The molecule has 3 aromatic carbocycles. The predicted octanol–water partition coefficient (Wildman–Crippen LogP) is 11.0. The molecule has 0 aliphatic heterocycles. The van der Waals surface area contributed by atoms with E-state index in [0.29, 0.717) is 11.6 Å². The van der Waals surface area contributed by atoms with Gasteiger partial charge in [-0.05, 0) is 104 Å². The van der Waals surface area contributed by atoms with Crippen LogP contribution in [0.5, 0.6) is 0 Å². The van der Waals surface area contributed by atoms with E-state index in [1.54, 1.807) is 19.2 Å². The Morgan fingerprint density at radius 1 is 1.02 bits per heavy atom. The molecule has 4 heteroatoms. The lowest BCUT2D eigenvalue weighted by molar-refractivity contribution is 0.628. The van der Waals surface area contributed by atoms with Crippen molar-refractivity contribution >= 4 is 28.4 Å². The first-order valence-corrected chi connectivity index (χ1v) is 14.6. The second kappa shape index (κ2) is 21.4. The number of hydrogen-bond donors (Lipinski definition) is 1. The SMILES string of the molecule is C#C/C=C(\C)c1cc(C)c(N=CC)c(F)c1.C#Cc1ccc(C(C)CC)cc1.CC.CC.Cc1ccc2cn[nH]c2c1. The highest BCUT2D eigenvalue weighted by Crippen LogP contribution is 2.27. The molecule has 1 atom stereocenters. The van der Waals surface area contributed by atoms with E-state index in [1.807, 2.05) is 65.9 Å². The quantitative estimate of drug-likeness (QED) is 0.194. The molecule has 0 spiro atoms. The Morgan fingerprint density at radius 2 is 1.67 bits per heavy atom. The van der Waals surface area contributed by atoms with E-state index in [0.717, 1.165) is 27.8 Å². The molecule has 1 unspecified atom stereocenters. The van der Waals surface area contributed by atoms with Crippen molar-refractivity contribution in [2.45, 2.75) is 81.6 Å². The number of hydrogen-bond acceptors (Lipinski definition) is 2. The Morgan fingerprint density at radius 3 is 2.19 bits per heavy atom. The van der Waals surface area contributed by atoms with Gasteiger partial charge in [0.1, 0.15) is 11.5 Å². The number of benzene rings is 3. The van der Waals surface area contributed by atoms with E-state index in [-0.39, 0.29) is 5.82 Å². The van der Waals surface area contributed by atoms with Crippen LogP contribution < -0.4 is 0 Å². The lowest BCUT2D eigenvalue weighted by Crippen LogP contribution is -1.90. The third kappa shape index (κ3) is 12.4. The second-order valence-corrected chi connectivity index (χ2v) is 9.04. The number of nitrogens with zero attached hydrogens (tertiary/aromatic N) is 2. The van der Waals surface area contributed by atoms with Crippen LogP contribution in [0.4, 0.5) is 10.1 Å². The van der Waals surface area contributed by atoms with Crippen LogP contribution in [0, 0.1) is 44.4 Å². The number of aryl methyl sites for hydroxylation is 2. The minimum atomic E-state index is -0.321. The van der Waals surface area contributed by atoms with Gasteiger partial charge in [0.2, 0.25) is 0 Å². The number of aromatic amines is 1. The first-order chi connectivity index (χ1) is 20.2. The highest BCUT2D eigenvalue weighted by molar-refractivity contribution is 5.78. The van der Waals surface area contributed by atoms with Crippen molar-refractivity contribution in [2.24, 2.45) is 4.99 Å². The average molecular weight is 566 g/mol. The molecule has 0 amide bonds. The number of aliphatic imine (C=N–C) groups is 1. The maximum atomic E-state index is 13.7. The molecule has 42 heavy (non-hydrogen) atoms. The van der Waals surface area contributed by atoms with Gasteiger partial charge in [-0.2, -0.15) is 5.10 Å². The number of H-pyrrole nitrogens is 1. The monoisotopic (exact) mass is 565 g/mol. The number of halogens is 1. The Bertz CT molecular complexity index is 1450. The molecule has 222 valence electrons. The summed E-state index contributed by atoms with van der Waals surface area (Å²) < 4.78 is 13.7. The molecule has 0 fully saturated rings. The zero-order chi connectivity index (χ0) is 32.1. The summed E-state index contributed by atoms with van der Waals surface area (Å²) in [5.74, 6) is 5.36. The smallest absolute Gasteiger partial charge is 0.149 e. The number of fused-ring (bicyclic) bond motifs is 1. The van der Waals surface area contributed by atoms with E-state index in [2.05, 4.69) is 78.1 Å². The molecule has 3 nitrogen and oxygen atoms in total. The van der Waals surface area contributed by atoms with E-state index >= 15 is 0 Å². The molecule has 1 aromatic heterocycles. The number of nitrogens with one attached hydrogen (secondary N) is 1. The minimum Gasteiger partial charge on any atom is -0.278 e. The van der Waals surface area contributed by atoms with Crippen LogP contribution >= 0.6 is 0 Å².